The summed E-state index contributed by atoms with van der Waals surface area (Å²) in [6, 6.07) is 13.0. The van der Waals surface area contributed by atoms with E-state index in [0.717, 1.165) is 11.3 Å². The van der Waals surface area contributed by atoms with E-state index in [1.807, 2.05) is 30.3 Å². The Balaban J connectivity index is 1.92. The van der Waals surface area contributed by atoms with Crippen molar-refractivity contribution in [3.8, 4) is 11.5 Å². The molecule has 6 heteroatoms. The van der Waals surface area contributed by atoms with E-state index >= 15 is 0 Å². The number of ether oxygens (including phenoxy) is 2. The van der Waals surface area contributed by atoms with Gasteiger partial charge in [-0.2, -0.15) is 0 Å². The normalized spacial score (nSPS) is 16.8. The molecular weight excluding hydrogens is 358 g/mol. The summed E-state index contributed by atoms with van der Waals surface area (Å²) in [6.45, 7) is 4.05. The highest BCUT2D eigenvalue weighted by Crippen LogP contribution is 2.44. The van der Waals surface area contributed by atoms with Crippen molar-refractivity contribution in [2.75, 3.05) is 24.4 Å². The number of nitrogens with zero attached hydrogens (tertiary/aromatic N) is 1. The highest BCUT2D eigenvalue weighted by atomic mass is 35.5. The number of carbonyl (C=O) groups is 1. The fourth-order valence-corrected chi connectivity index (χ4v) is 3.95. The fourth-order valence-electron chi connectivity index (χ4n) is 2.66. The molecule has 0 unspecified atom stereocenters. The molecule has 1 aliphatic rings. The van der Waals surface area contributed by atoms with E-state index in [-0.39, 0.29) is 11.3 Å². The standard InChI is InChI=1S/C19H18ClNO3S/c1-3-10-24-16-9-4-13(11-17(16)23-2)19-21(18(22)12-25-19)15-7-5-14(20)6-8-15/h3-9,11,19H,1,10,12H2,2H3/t19-/m1/s1. The second kappa shape index (κ2) is 7.85. The van der Waals surface area contributed by atoms with Crippen LogP contribution >= 0.6 is 23.4 Å². The molecule has 0 aliphatic carbocycles. The average Bonchev–Trinajstić information content (AvgIpc) is 3.02. The maximum Gasteiger partial charge on any atom is 0.238 e. The monoisotopic (exact) mass is 375 g/mol. The van der Waals surface area contributed by atoms with Gasteiger partial charge in [-0.05, 0) is 42.0 Å². The van der Waals surface area contributed by atoms with Crippen LogP contribution in [0, 0.1) is 0 Å². The van der Waals surface area contributed by atoms with Crippen LogP contribution in [0.4, 0.5) is 5.69 Å². The molecule has 0 bridgehead atoms. The van der Waals surface area contributed by atoms with Gasteiger partial charge in [0, 0.05) is 10.7 Å². The lowest BCUT2D eigenvalue weighted by atomic mass is 10.1. The van der Waals surface area contributed by atoms with Crippen molar-refractivity contribution in [1.82, 2.24) is 0 Å². The van der Waals surface area contributed by atoms with Crippen LogP contribution in [0.25, 0.3) is 0 Å². The Hall–Kier alpha value is -2.11. The van der Waals surface area contributed by atoms with Gasteiger partial charge in [0.05, 0.1) is 12.9 Å². The smallest absolute Gasteiger partial charge is 0.238 e. The van der Waals surface area contributed by atoms with E-state index in [2.05, 4.69) is 6.58 Å². The largest absolute Gasteiger partial charge is 0.493 e. The van der Waals surface area contributed by atoms with Gasteiger partial charge >= 0.3 is 0 Å². The highest BCUT2D eigenvalue weighted by molar-refractivity contribution is 8.00. The van der Waals surface area contributed by atoms with Gasteiger partial charge in [-0.1, -0.05) is 30.3 Å². The minimum absolute atomic E-state index is 0.0725. The topological polar surface area (TPSA) is 38.8 Å². The highest BCUT2D eigenvalue weighted by Gasteiger charge is 2.34. The lowest BCUT2D eigenvalue weighted by Crippen LogP contribution is -2.27. The first-order valence-electron chi connectivity index (χ1n) is 7.75. The molecule has 0 spiro atoms. The first-order chi connectivity index (χ1) is 12.1. The van der Waals surface area contributed by atoms with Gasteiger partial charge in [-0.3, -0.25) is 9.69 Å². The van der Waals surface area contributed by atoms with Crippen LogP contribution < -0.4 is 14.4 Å². The van der Waals surface area contributed by atoms with Gasteiger partial charge in [0.25, 0.3) is 0 Å². The maximum absolute atomic E-state index is 12.4. The van der Waals surface area contributed by atoms with Crippen molar-refractivity contribution < 1.29 is 14.3 Å². The molecular formula is C19H18ClNO3S. The van der Waals surface area contributed by atoms with E-state index in [4.69, 9.17) is 21.1 Å². The fraction of sp³-hybridized carbons (Fsp3) is 0.211. The average molecular weight is 376 g/mol. The first kappa shape index (κ1) is 17.7. The third kappa shape index (κ3) is 3.78. The zero-order valence-electron chi connectivity index (χ0n) is 13.8. The third-order valence-electron chi connectivity index (χ3n) is 3.80. The molecule has 2 aromatic carbocycles. The minimum Gasteiger partial charge on any atom is -0.493 e. The molecule has 1 saturated heterocycles. The quantitative estimate of drug-likeness (QED) is 0.686. The van der Waals surface area contributed by atoms with Gasteiger partial charge in [0.2, 0.25) is 5.91 Å². The third-order valence-corrected chi connectivity index (χ3v) is 5.27. The van der Waals surface area contributed by atoms with E-state index < -0.39 is 0 Å². The number of anilines is 1. The second-order valence-corrected chi connectivity index (χ2v) is 6.92. The van der Waals surface area contributed by atoms with Crippen LogP contribution in [0.1, 0.15) is 10.9 Å². The number of carbonyl (C=O) groups excluding carboxylic acids is 1. The maximum atomic E-state index is 12.4. The zero-order chi connectivity index (χ0) is 17.8. The molecule has 1 aliphatic heterocycles. The van der Waals surface area contributed by atoms with Crippen LogP contribution in [0.3, 0.4) is 0 Å². The van der Waals surface area contributed by atoms with Gasteiger partial charge in [0.1, 0.15) is 12.0 Å². The second-order valence-electron chi connectivity index (χ2n) is 5.41. The molecule has 0 saturated carbocycles. The van der Waals surface area contributed by atoms with Crippen molar-refractivity contribution in [2.45, 2.75) is 5.37 Å². The van der Waals surface area contributed by atoms with Crippen LogP contribution in [0.15, 0.2) is 55.1 Å². The van der Waals surface area contributed by atoms with Crippen LogP contribution in [0.2, 0.25) is 5.02 Å². The number of halogens is 1. The van der Waals surface area contributed by atoms with Crippen molar-refractivity contribution in [2.24, 2.45) is 0 Å². The molecule has 3 rings (SSSR count). The molecule has 130 valence electrons. The van der Waals surface area contributed by atoms with Crippen LogP contribution in [-0.2, 0) is 4.79 Å². The number of rotatable bonds is 6. The Kier molecular flexibility index (Phi) is 5.56. The lowest BCUT2D eigenvalue weighted by molar-refractivity contribution is -0.115. The van der Waals surface area contributed by atoms with Gasteiger partial charge < -0.3 is 9.47 Å². The Morgan fingerprint density at radius 1 is 1.28 bits per heavy atom. The minimum atomic E-state index is -0.115. The van der Waals surface area contributed by atoms with Crippen molar-refractivity contribution in [1.29, 1.82) is 0 Å². The first-order valence-corrected chi connectivity index (χ1v) is 9.17. The van der Waals surface area contributed by atoms with Crippen molar-refractivity contribution in [3.05, 3.63) is 65.7 Å². The molecule has 0 aromatic heterocycles. The molecule has 4 nitrogen and oxygen atoms in total. The molecule has 1 heterocycles. The summed E-state index contributed by atoms with van der Waals surface area (Å²) in [6.07, 6.45) is 1.68. The van der Waals surface area contributed by atoms with E-state index in [9.17, 15) is 4.79 Å². The van der Waals surface area contributed by atoms with Gasteiger partial charge in [-0.15, -0.1) is 11.8 Å². The Morgan fingerprint density at radius 2 is 2.04 bits per heavy atom. The Bertz CT molecular complexity index is 779. The summed E-state index contributed by atoms with van der Waals surface area (Å²) < 4.78 is 11.0. The van der Waals surface area contributed by atoms with Gasteiger partial charge in [-0.25, -0.2) is 0 Å². The Labute approximate surface area is 156 Å². The molecule has 1 atom stereocenters. The summed E-state index contributed by atoms with van der Waals surface area (Å²) in [4.78, 5) is 14.2. The predicted octanol–water partition coefficient (Wildman–Crippen LogP) is 4.69. The van der Waals surface area contributed by atoms with Crippen LogP contribution in [-0.4, -0.2) is 25.4 Å². The zero-order valence-corrected chi connectivity index (χ0v) is 15.3. The van der Waals surface area contributed by atoms with E-state index in [0.29, 0.717) is 28.9 Å². The summed E-state index contributed by atoms with van der Waals surface area (Å²) in [5, 5.41) is 0.529. The van der Waals surface area contributed by atoms with Crippen molar-refractivity contribution >= 4 is 35.0 Å². The predicted molar refractivity (Wildman–Crippen MR) is 103 cm³/mol. The molecule has 1 fully saturated rings. The lowest BCUT2D eigenvalue weighted by Gasteiger charge is -2.25. The number of thioether (sulfide) groups is 1. The van der Waals surface area contributed by atoms with E-state index in [1.54, 1.807) is 42.0 Å². The number of hydrogen-bond acceptors (Lipinski definition) is 4. The molecule has 0 radical (unpaired) electrons. The number of benzene rings is 2. The molecule has 25 heavy (non-hydrogen) atoms. The SMILES string of the molecule is C=CCOc1ccc([C@H]2SCC(=O)N2c2ccc(Cl)cc2)cc1OC. The number of hydrogen-bond donors (Lipinski definition) is 0. The number of methoxy groups -OCH3 is 1. The Morgan fingerprint density at radius 3 is 2.72 bits per heavy atom. The summed E-state index contributed by atoms with van der Waals surface area (Å²) >= 11 is 7.55. The summed E-state index contributed by atoms with van der Waals surface area (Å²) in [5.74, 6) is 1.79. The van der Waals surface area contributed by atoms with E-state index in [1.165, 1.54) is 0 Å². The molecule has 2 aromatic rings. The molecule has 0 N–H and O–H groups in total. The van der Waals surface area contributed by atoms with Crippen LogP contribution in [0.5, 0.6) is 11.5 Å². The van der Waals surface area contributed by atoms with Gasteiger partial charge in [0.15, 0.2) is 11.5 Å². The number of amides is 1. The summed E-state index contributed by atoms with van der Waals surface area (Å²) in [5.41, 5.74) is 1.81. The molecule has 1 amide bonds. The summed E-state index contributed by atoms with van der Waals surface area (Å²) in [7, 11) is 1.60. The van der Waals surface area contributed by atoms with Crippen molar-refractivity contribution in [3.63, 3.8) is 0 Å².